The van der Waals surface area contributed by atoms with E-state index in [1.54, 1.807) is 6.92 Å². The summed E-state index contributed by atoms with van der Waals surface area (Å²) in [6.07, 6.45) is -3.78. The highest BCUT2D eigenvalue weighted by Crippen LogP contribution is 2.80. The molecule has 2 saturated carbocycles. The predicted molar refractivity (Wildman–Crippen MR) is 174 cm³/mol. The first-order valence-electron chi connectivity index (χ1n) is 17.3. The molecule has 10 nitrogen and oxygen atoms in total. The van der Waals surface area contributed by atoms with Crippen LogP contribution in [0.1, 0.15) is 66.0 Å². The zero-order chi connectivity index (χ0) is 34.9. The molecule has 14 atom stereocenters. The smallest absolute Gasteiger partial charge is 0.313 e. The number of benzene rings is 2. The summed E-state index contributed by atoms with van der Waals surface area (Å²) in [5.41, 5.74) is -4.33. The third-order valence-electron chi connectivity index (χ3n) is 12.9. The summed E-state index contributed by atoms with van der Waals surface area (Å²) in [7, 11) is 0. The number of rotatable bonds is 7. The maximum Gasteiger partial charge on any atom is 0.313 e. The zero-order valence-corrected chi connectivity index (χ0v) is 29.1. The number of fused-ring (bicyclic) bond motifs is 1. The first-order chi connectivity index (χ1) is 23.1. The number of carbonyl (C=O) groups is 2. The number of hydrogen-bond acceptors (Lipinski definition) is 10. The molecule has 7 aliphatic rings. The van der Waals surface area contributed by atoms with E-state index in [0.717, 1.165) is 5.56 Å². The minimum atomic E-state index is -1.70. The van der Waals surface area contributed by atoms with Gasteiger partial charge >= 0.3 is 17.9 Å². The van der Waals surface area contributed by atoms with Crippen molar-refractivity contribution < 1.29 is 47.9 Å². The van der Waals surface area contributed by atoms with Crippen molar-refractivity contribution in [3.63, 3.8) is 0 Å². The summed E-state index contributed by atoms with van der Waals surface area (Å²) in [6.45, 7) is 17.1. The van der Waals surface area contributed by atoms with Gasteiger partial charge in [0.2, 0.25) is 0 Å². The Kier molecular flexibility index (Phi) is 7.06. The first-order valence-corrected chi connectivity index (χ1v) is 17.3. The van der Waals surface area contributed by atoms with Crippen LogP contribution >= 0.6 is 0 Å². The van der Waals surface area contributed by atoms with Crippen LogP contribution in [0.3, 0.4) is 0 Å². The molecule has 6 bridgehead atoms. The second kappa shape index (κ2) is 10.5. The molecule has 2 spiro atoms. The molecule has 0 aromatic heterocycles. The molecule has 262 valence electrons. The van der Waals surface area contributed by atoms with Gasteiger partial charge in [-0.25, -0.2) is 0 Å². The molecule has 1 unspecified atom stereocenters. The third-order valence-corrected chi connectivity index (χ3v) is 12.9. The Balaban J connectivity index is 1.41. The number of aliphatic hydroxyl groups is 1. The van der Waals surface area contributed by atoms with E-state index in [1.807, 2.05) is 74.5 Å². The molecule has 5 heterocycles. The minimum Gasteiger partial charge on any atom is -0.459 e. The van der Waals surface area contributed by atoms with Crippen LogP contribution in [0, 0.1) is 23.2 Å². The summed E-state index contributed by atoms with van der Waals surface area (Å²) in [5.74, 6) is -4.13. The molecule has 10 heteroatoms. The maximum absolute atomic E-state index is 13.2. The van der Waals surface area contributed by atoms with Crippen molar-refractivity contribution in [2.45, 2.75) is 120 Å². The van der Waals surface area contributed by atoms with Crippen LogP contribution in [0.5, 0.6) is 0 Å². The van der Waals surface area contributed by atoms with Crippen LogP contribution in [-0.4, -0.2) is 70.0 Å². The minimum absolute atomic E-state index is 0.175. The molecule has 5 saturated heterocycles. The monoisotopic (exact) mass is 674 g/mol. The van der Waals surface area contributed by atoms with Crippen molar-refractivity contribution in [1.82, 2.24) is 0 Å². The van der Waals surface area contributed by atoms with E-state index in [9.17, 15) is 14.7 Å². The Morgan fingerprint density at radius 2 is 1.45 bits per heavy atom. The Bertz CT molecular complexity index is 1700. The molecule has 49 heavy (non-hydrogen) atoms. The van der Waals surface area contributed by atoms with Crippen LogP contribution in [-0.2, 0) is 55.3 Å². The Morgan fingerprint density at radius 3 is 2.06 bits per heavy atom. The number of esters is 2. The average molecular weight is 675 g/mol. The quantitative estimate of drug-likeness (QED) is 0.319. The van der Waals surface area contributed by atoms with Gasteiger partial charge in [0.25, 0.3) is 0 Å². The summed E-state index contributed by atoms with van der Waals surface area (Å²) < 4.78 is 48.1. The van der Waals surface area contributed by atoms with Crippen molar-refractivity contribution in [2.24, 2.45) is 23.2 Å². The Morgan fingerprint density at radius 1 is 0.857 bits per heavy atom. The second-order valence-electron chi connectivity index (χ2n) is 15.6. The largest absolute Gasteiger partial charge is 0.459 e. The topological polar surface area (TPSA) is 119 Å². The molecule has 7 fully saturated rings. The van der Waals surface area contributed by atoms with Crippen molar-refractivity contribution in [3.05, 3.63) is 83.9 Å². The Labute approximate surface area is 287 Å². The molecular weight excluding hydrogens is 628 g/mol. The van der Waals surface area contributed by atoms with Crippen LogP contribution < -0.4 is 0 Å². The van der Waals surface area contributed by atoms with E-state index in [0.29, 0.717) is 17.6 Å². The standard InChI is InChI=1S/C39H46O10/c1-21(2)36(42)30-23(4)37-28(32(36)47-39(46-30,49-37)27-17-13-10-14-18-27)31(45-25(6)41)35(8)33(43-20-26-15-11-9-12-16-26)38(48-35)29(44-24(5)40)22(3)19-34(37,38)7/h9-18,22-23,28-33,42H,1,19-20H2,2-8H3/t22-,23+,28-,29-,30-,31-,32+,33+,34-,35+,36-,37+,38+,39?/m0/s1. The molecule has 1 N–H and O–H groups in total. The van der Waals surface area contributed by atoms with Crippen LogP contribution in [0.2, 0.25) is 0 Å². The summed E-state index contributed by atoms with van der Waals surface area (Å²) in [4.78, 5) is 26.0. The van der Waals surface area contributed by atoms with Gasteiger partial charge in [0.15, 0.2) is 0 Å². The van der Waals surface area contributed by atoms with Crippen LogP contribution in [0.25, 0.3) is 0 Å². The van der Waals surface area contributed by atoms with Gasteiger partial charge in [-0.15, -0.1) is 0 Å². The Hall–Kier alpha value is -3.12. The zero-order valence-electron chi connectivity index (χ0n) is 29.1. The van der Waals surface area contributed by atoms with Crippen molar-refractivity contribution in [1.29, 1.82) is 0 Å². The fourth-order valence-corrected chi connectivity index (χ4v) is 11.3. The van der Waals surface area contributed by atoms with Crippen LogP contribution in [0.15, 0.2) is 72.8 Å². The number of hydrogen-bond donors (Lipinski definition) is 1. The van der Waals surface area contributed by atoms with Gasteiger partial charge in [0.05, 0.1) is 18.1 Å². The van der Waals surface area contributed by atoms with Gasteiger partial charge in [-0.3, -0.25) is 9.59 Å². The van der Waals surface area contributed by atoms with E-state index >= 15 is 0 Å². The third kappa shape index (κ3) is 3.83. The van der Waals surface area contributed by atoms with E-state index in [2.05, 4.69) is 20.4 Å². The predicted octanol–water partition coefficient (Wildman–Crippen LogP) is 4.96. The maximum atomic E-state index is 13.2. The van der Waals surface area contributed by atoms with E-state index in [1.165, 1.54) is 13.8 Å². The molecule has 5 aliphatic heterocycles. The lowest BCUT2D eigenvalue weighted by atomic mass is 9.46. The van der Waals surface area contributed by atoms with Gasteiger partial charge in [-0.1, -0.05) is 88.0 Å². The molecule has 9 rings (SSSR count). The molecular formula is C39H46O10. The molecule has 0 amide bonds. The lowest BCUT2D eigenvalue weighted by Gasteiger charge is -2.74. The summed E-state index contributed by atoms with van der Waals surface area (Å²) >= 11 is 0. The number of ether oxygens (including phenoxy) is 7. The lowest BCUT2D eigenvalue weighted by molar-refractivity contribution is -0.590. The van der Waals surface area contributed by atoms with Gasteiger partial charge in [0, 0.05) is 30.7 Å². The van der Waals surface area contributed by atoms with E-state index < -0.39 is 88.1 Å². The fraction of sp³-hybridized carbons (Fsp3) is 0.590. The lowest BCUT2D eigenvalue weighted by Crippen LogP contribution is -2.88. The summed E-state index contributed by atoms with van der Waals surface area (Å²) in [6, 6.07) is 19.2. The van der Waals surface area contributed by atoms with Crippen molar-refractivity contribution in [3.8, 4) is 0 Å². The SMILES string of the molecule is C=C(C)[C@@]1(O)[C@@H]2OC3(c4ccccc4)O[C@H]1[C@@H](C)[C@@]1(O3)[C@H]2[C@H](OC(C)=O)[C@@]2(C)O[C@@]3([C@@H]2OCc2ccccc2)[C@@H](OC(C)=O)[C@@H](C)C[C@@]13C. The van der Waals surface area contributed by atoms with Crippen molar-refractivity contribution >= 4 is 11.9 Å². The second-order valence-corrected chi connectivity index (χ2v) is 15.6. The van der Waals surface area contributed by atoms with Gasteiger partial charge in [0.1, 0.15) is 47.3 Å². The van der Waals surface area contributed by atoms with Gasteiger partial charge < -0.3 is 38.3 Å². The average Bonchev–Trinajstić information content (AvgIpc) is 3.22. The molecule has 0 radical (unpaired) electrons. The highest BCUT2D eigenvalue weighted by Gasteiger charge is 2.94. The van der Waals surface area contributed by atoms with Gasteiger partial charge in [-0.05, 0) is 37.3 Å². The molecule has 2 aliphatic carbocycles. The van der Waals surface area contributed by atoms with Crippen LogP contribution in [0.4, 0.5) is 0 Å². The molecule has 2 aromatic carbocycles. The van der Waals surface area contributed by atoms with E-state index in [4.69, 9.17) is 33.2 Å². The summed E-state index contributed by atoms with van der Waals surface area (Å²) in [5, 5.41) is 12.8. The highest BCUT2D eigenvalue weighted by molar-refractivity contribution is 5.67. The highest BCUT2D eigenvalue weighted by atomic mass is 16.9. The fourth-order valence-electron chi connectivity index (χ4n) is 11.3. The molecule has 2 aromatic rings. The first kappa shape index (κ1) is 33.0. The van der Waals surface area contributed by atoms with Crippen molar-refractivity contribution in [2.75, 3.05) is 0 Å². The number of carbonyl (C=O) groups excluding carboxylic acids is 2. The van der Waals surface area contributed by atoms with Gasteiger partial charge in [-0.2, -0.15) is 0 Å². The van der Waals surface area contributed by atoms with E-state index in [-0.39, 0.29) is 12.5 Å². The normalized spacial score (nSPS) is 48.5.